The Morgan fingerprint density at radius 3 is 1.81 bits per heavy atom. The van der Waals surface area contributed by atoms with Crippen LogP contribution in [0.1, 0.15) is 37.4 Å². The third kappa shape index (κ3) is 3.94. The highest BCUT2D eigenvalue weighted by atomic mass is 32.2. The van der Waals surface area contributed by atoms with Crippen molar-refractivity contribution in [2.75, 3.05) is 5.32 Å². The zero-order valence-electron chi connectivity index (χ0n) is 17.9. The summed E-state index contributed by atoms with van der Waals surface area (Å²) < 4.78 is 28.7. The zero-order chi connectivity index (χ0) is 23.0. The van der Waals surface area contributed by atoms with Gasteiger partial charge in [-0.15, -0.1) is 0 Å². The summed E-state index contributed by atoms with van der Waals surface area (Å²) in [5, 5.41) is 3.00. The van der Waals surface area contributed by atoms with E-state index in [-0.39, 0.29) is 27.4 Å². The molecule has 1 aliphatic carbocycles. The van der Waals surface area contributed by atoms with Crippen LogP contribution < -0.4 is 10.0 Å². The van der Waals surface area contributed by atoms with Crippen LogP contribution >= 0.6 is 0 Å². The van der Waals surface area contributed by atoms with Crippen LogP contribution in [0.2, 0.25) is 0 Å². The number of benzene rings is 3. The first-order valence-electron chi connectivity index (χ1n) is 10.0. The highest BCUT2D eigenvalue weighted by molar-refractivity contribution is 7.89. The van der Waals surface area contributed by atoms with Gasteiger partial charge >= 0.3 is 0 Å². The molecule has 0 aromatic heterocycles. The van der Waals surface area contributed by atoms with Crippen molar-refractivity contribution in [2.24, 2.45) is 0 Å². The van der Waals surface area contributed by atoms with E-state index in [4.69, 9.17) is 0 Å². The maximum atomic E-state index is 13.3. The maximum Gasteiger partial charge on any atom is 0.262 e. The summed E-state index contributed by atoms with van der Waals surface area (Å²) in [5.41, 5.74) is 3.03. The number of carbonyl (C=O) groups excluding carboxylic acids is 2. The molecule has 7 heteroatoms. The second-order valence-electron chi connectivity index (χ2n) is 7.83. The van der Waals surface area contributed by atoms with Crippen molar-refractivity contribution in [3.63, 3.8) is 0 Å². The lowest BCUT2D eigenvalue weighted by molar-refractivity contribution is 0.0972. The number of allylic oxidation sites excluding steroid dienone is 2. The Hall–Kier alpha value is -3.71. The molecule has 1 aliphatic rings. The second kappa shape index (κ2) is 8.09. The molecule has 4 rings (SSSR count). The molecule has 2 N–H and O–H groups in total. The van der Waals surface area contributed by atoms with Crippen molar-refractivity contribution in [3.8, 4) is 0 Å². The molecule has 0 fully saturated rings. The van der Waals surface area contributed by atoms with E-state index in [1.807, 2.05) is 32.0 Å². The number of rotatable bonds is 5. The van der Waals surface area contributed by atoms with Crippen molar-refractivity contribution in [1.29, 1.82) is 0 Å². The Kier molecular flexibility index (Phi) is 5.44. The van der Waals surface area contributed by atoms with E-state index in [1.54, 1.807) is 43.3 Å². The number of ketones is 2. The first-order valence-corrected chi connectivity index (χ1v) is 11.5. The Labute approximate surface area is 187 Å². The molecule has 6 nitrogen and oxygen atoms in total. The molecule has 3 aromatic rings. The molecular formula is C25H22N2O4S. The van der Waals surface area contributed by atoms with Crippen molar-refractivity contribution >= 4 is 27.3 Å². The molecule has 3 aromatic carbocycles. The lowest BCUT2D eigenvalue weighted by Gasteiger charge is -2.23. The fraction of sp³-hybridized carbons (Fsp3) is 0.120. The van der Waals surface area contributed by atoms with E-state index in [1.165, 1.54) is 12.1 Å². The topological polar surface area (TPSA) is 92.3 Å². The molecule has 0 bridgehead atoms. The van der Waals surface area contributed by atoms with E-state index < -0.39 is 21.6 Å². The molecule has 162 valence electrons. The van der Waals surface area contributed by atoms with Gasteiger partial charge in [0.25, 0.3) is 10.0 Å². The molecule has 0 saturated heterocycles. The first kappa shape index (κ1) is 21.5. The molecule has 0 aliphatic heterocycles. The molecular weight excluding hydrogens is 424 g/mol. The summed E-state index contributed by atoms with van der Waals surface area (Å²) in [4.78, 5) is 26.7. The van der Waals surface area contributed by atoms with Crippen LogP contribution in [0.5, 0.6) is 0 Å². The Morgan fingerprint density at radius 1 is 0.688 bits per heavy atom. The monoisotopic (exact) mass is 446 g/mol. The van der Waals surface area contributed by atoms with Gasteiger partial charge in [0.1, 0.15) is 11.4 Å². The normalized spacial score (nSPS) is 13.7. The number of anilines is 1. The minimum absolute atomic E-state index is 0.0392. The smallest absolute Gasteiger partial charge is 0.262 e. The average molecular weight is 447 g/mol. The van der Waals surface area contributed by atoms with Crippen LogP contribution in [0.4, 0.5) is 5.69 Å². The zero-order valence-corrected chi connectivity index (χ0v) is 18.7. The highest BCUT2D eigenvalue weighted by Crippen LogP contribution is 2.28. The summed E-state index contributed by atoms with van der Waals surface area (Å²) in [5.74, 6) is -1.02. The van der Waals surface area contributed by atoms with E-state index in [9.17, 15) is 18.0 Å². The summed E-state index contributed by atoms with van der Waals surface area (Å²) in [6.45, 7) is 5.50. The van der Waals surface area contributed by atoms with Crippen molar-refractivity contribution < 1.29 is 18.0 Å². The molecule has 0 atom stereocenters. The van der Waals surface area contributed by atoms with Gasteiger partial charge in [-0.3, -0.25) is 14.3 Å². The van der Waals surface area contributed by atoms with Gasteiger partial charge in [-0.05, 0) is 55.7 Å². The summed E-state index contributed by atoms with van der Waals surface area (Å²) in [7, 11) is -4.11. The van der Waals surface area contributed by atoms with Crippen LogP contribution in [0.15, 0.2) is 83.0 Å². The third-order valence-electron chi connectivity index (χ3n) is 5.23. The summed E-state index contributed by atoms with van der Waals surface area (Å²) in [6, 6.07) is 18.5. The number of hydrogen-bond acceptors (Lipinski definition) is 5. The SMILES string of the molecule is Cc1cc(C)cc(NC2=C(NS(=O)(=O)c3ccccc3C)C(=O)c3ccccc3C2=O)c1. The largest absolute Gasteiger partial charge is 0.350 e. The van der Waals surface area contributed by atoms with E-state index in [0.717, 1.165) is 11.1 Å². The number of Topliss-reactive ketones (excluding diaryl/α,β-unsaturated/α-hetero) is 2. The van der Waals surface area contributed by atoms with Gasteiger partial charge in [-0.1, -0.05) is 48.5 Å². The minimum Gasteiger partial charge on any atom is -0.350 e. The predicted molar refractivity (Wildman–Crippen MR) is 123 cm³/mol. The average Bonchev–Trinajstić information content (AvgIpc) is 2.74. The number of carbonyl (C=O) groups is 2. The molecule has 0 radical (unpaired) electrons. The van der Waals surface area contributed by atoms with Crippen LogP contribution in [0.25, 0.3) is 0 Å². The number of nitrogens with one attached hydrogen (secondary N) is 2. The molecule has 32 heavy (non-hydrogen) atoms. The summed E-state index contributed by atoms with van der Waals surface area (Å²) in [6.07, 6.45) is 0. The van der Waals surface area contributed by atoms with Crippen LogP contribution in [-0.2, 0) is 10.0 Å². The second-order valence-corrected chi connectivity index (χ2v) is 9.48. The Bertz CT molecular complexity index is 1380. The van der Waals surface area contributed by atoms with Gasteiger partial charge in [0.15, 0.2) is 0 Å². The van der Waals surface area contributed by atoms with E-state index in [2.05, 4.69) is 10.0 Å². The molecule has 0 saturated carbocycles. The van der Waals surface area contributed by atoms with Gasteiger partial charge in [0.2, 0.25) is 11.6 Å². The quantitative estimate of drug-likeness (QED) is 0.610. The standard InChI is InChI=1S/C25H22N2O4S/c1-15-12-16(2)14-18(13-15)26-22-23(25(29)20-10-6-5-9-19(20)24(22)28)27-32(30,31)21-11-7-4-8-17(21)3/h4-14,26-27H,1-3H3. The van der Waals surface area contributed by atoms with Gasteiger partial charge in [-0.25, -0.2) is 8.42 Å². The fourth-order valence-electron chi connectivity index (χ4n) is 3.83. The highest BCUT2D eigenvalue weighted by Gasteiger charge is 2.35. The maximum absolute atomic E-state index is 13.3. The molecule has 0 amide bonds. The molecule has 0 unspecified atom stereocenters. The first-order chi connectivity index (χ1) is 15.2. The summed E-state index contributed by atoms with van der Waals surface area (Å²) >= 11 is 0. The van der Waals surface area contributed by atoms with Crippen molar-refractivity contribution in [3.05, 3.63) is 106 Å². The van der Waals surface area contributed by atoms with Gasteiger partial charge in [0.05, 0.1) is 4.90 Å². The van der Waals surface area contributed by atoms with Crippen LogP contribution in [0.3, 0.4) is 0 Å². The Balaban J connectivity index is 1.87. The fourth-order valence-corrected chi connectivity index (χ4v) is 5.15. The predicted octanol–water partition coefficient (Wildman–Crippen LogP) is 4.29. The van der Waals surface area contributed by atoms with Crippen molar-refractivity contribution in [1.82, 2.24) is 4.72 Å². The number of hydrogen-bond donors (Lipinski definition) is 2. The lowest BCUT2D eigenvalue weighted by Crippen LogP contribution is -2.36. The number of sulfonamides is 1. The van der Waals surface area contributed by atoms with Gasteiger partial charge in [0, 0.05) is 16.8 Å². The van der Waals surface area contributed by atoms with Gasteiger partial charge < -0.3 is 5.32 Å². The lowest BCUT2D eigenvalue weighted by atomic mass is 9.90. The third-order valence-corrected chi connectivity index (χ3v) is 6.74. The van der Waals surface area contributed by atoms with E-state index >= 15 is 0 Å². The number of aryl methyl sites for hydroxylation is 3. The minimum atomic E-state index is -4.11. The molecule has 0 heterocycles. The van der Waals surface area contributed by atoms with Crippen molar-refractivity contribution in [2.45, 2.75) is 25.7 Å². The molecule has 0 spiro atoms. The van der Waals surface area contributed by atoms with Crippen LogP contribution in [0, 0.1) is 20.8 Å². The van der Waals surface area contributed by atoms with Crippen LogP contribution in [-0.4, -0.2) is 20.0 Å². The van der Waals surface area contributed by atoms with Gasteiger partial charge in [-0.2, -0.15) is 0 Å². The van der Waals surface area contributed by atoms with E-state index in [0.29, 0.717) is 11.3 Å². The Morgan fingerprint density at radius 2 is 1.22 bits per heavy atom. The number of fused-ring (bicyclic) bond motifs is 1.